The Hall–Kier alpha value is -1.97. The number of unbranched alkanes of at least 4 members (excludes halogenated alkanes) is 8. The summed E-state index contributed by atoms with van der Waals surface area (Å²) in [6.45, 7) is 2.08. The van der Waals surface area contributed by atoms with Crippen molar-refractivity contribution in [2.45, 2.75) is 71.1 Å². The molecule has 1 aromatic carbocycles. The van der Waals surface area contributed by atoms with E-state index in [1.165, 1.54) is 49.6 Å². The van der Waals surface area contributed by atoms with E-state index < -0.39 is 0 Å². The molecule has 0 saturated carbocycles. The van der Waals surface area contributed by atoms with Crippen LogP contribution in [0.2, 0.25) is 0 Å². The van der Waals surface area contributed by atoms with Crippen molar-refractivity contribution in [2.75, 3.05) is 0 Å². The Morgan fingerprint density at radius 1 is 1.00 bits per heavy atom. The number of hydrogen-bond acceptors (Lipinski definition) is 3. The van der Waals surface area contributed by atoms with E-state index in [1.807, 2.05) is 24.3 Å². The minimum Gasteiger partial charge on any atom is -0.273 e. The highest BCUT2D eigenvalue weighted by molar-refractivity contribution is 5.88. The third kappa shape index (κ3) is 5.91. The fourth-order valence-corrected chi connectivity index (χ4v) is 2.92. The van der Waals surface area contributed by atoms with Crippen molar-refractivity contribution in [1.82, 2.24) is 15.0 Å². The molecular weight excluding hydrogens is 298 g/mol. The van der Waals surface area contributed by atoms with Gasteiger partial charge >= 0.3 is 0 Å². The molecule has 4 heteroatoms. The van der Waals surface area contributed by atoms with Crippen LogP contribution in [0.15, 0.2) is 36.4 Å². The summed E-state index contributed by atoms with van der Waals surface area (Å²) in [5, 5.41) is 8.01. The van der Waals surface area contributed by atoms with Crippen LogP contribution in [0.3, 0.4) is 0 Å². The first-order valence-electron chi connectivity index (χ1n) is 9.27. The van der Waals surface area contributed by atoms with Crippen LogP contribution in [0.25, 0.3) is 11.0 Å². The standard InChI is InChI=1S/C20H29N3O/c1-2-3-4-5-6-7-8-9-10-11-12-17-20(24)23-19-16-14-13-15-18(19)21-22-23/h2-3,13-16H,4-12,17H2,1H3/b3-2+. The molecule has 0 spiro atoms. The molecular formula is C20H29N3O. The maximum absolute atomic E-state index is 12.2. The number of fused-ring (bicyclic) bond motifs is 1. The third-order valence-corrected chi connectivity index (χ3v) is 4.34. The molecule has 1 aromatic heterocycles. The largest absolute Gasteiger partial charge is 0.273 e. The molecule has 0 atom stereocenters. The number of carbonyl (C=O) groups excluding carboxylic acids is 1. The fourth-order valence-electron chi connectivity index (χ4n) is 2.92. The molecule has 2 aromatic rings. The molecule has 0 unspecified atom stereocenters. The highest BCUT2D eigenvalue weighted by Gasteiger charge is 2.10. The van der Waals surface area contributed by atoms with E-state index in [0.717, 1.165) is 23.9 Å². The average Bonchev–Trinajstić information content (AvgIpc) is 3.03. The summed E-state index contributed by atoms with van der Waals surface area (Å²) in [5.74, 6) is 0.0488. The van der Waals surface area contributed by atoms with Crippen molar-refractivity contribution in [3.63, 3.8) is 0 Å². The summed E-state index contributed by atoms with van der Waals surface area (Å²) >= 11 is 0. The van der Waals surface area contributed by atoms with Crippen LogP contribution in [-0.4, -0.2) is 20.9 Å². The molecule has 2 rings (SSSR count). The van der Waals surface area contributed by atoms with Gasteiger partial charge in [-0.2, -0.15) is 4.68 Å². The Labute approximate surface area is 144 Å². The molecule has 0 amide bonds. The molecule has 0 radical (unpaired) electrons. The molecule has 0 aliphatic heterocycles. The predicted octanol–water partition coefficient (Wildman–Crippen LogP) is 5.55. The van der Waals surface area contributed by atoms with Crippen LogP contribution in [-0.2, 0) is 0 Å². The monoisotopic (exact) mass is 327 g/mol. The van der Waals surface area contributed by atoms with Crippen molar-refractivity contribution in [3.05, 3.63) is 36.4 Å². The summed E-state index contributed by atoms with van der Waals surface area (Å²) in [4.78, 5) is 12.2. The number of aromatic nitrogens is 3. The molecule has 0 aliphatic rings. The first-order chi connectivity index (χ1) is 11.8. The molecule has 0 saturated heterocycles. The van der Waals surface area contributed by atoms with Crippen LogP contribution < -0.4 is 0 Å². The lowest BCUT2D eigenvalue weighted by atomic mass is 10.1. The van der Waals surface area contributed by atoms with E-state index in [9.17, 15) is 4.79 Å². The average molecular weight is 327 g/mol. The molecule has 24 heavy (non-hydrogen) atoms. The van der Waals surface area contributed by atoms with Crippen LogP contribution in [0.5, 0.6) is 0 Å². The quantitative estimate of drug-likeness (QED) is 0.401. The molecule has 1 heterocycles. The molecule has 0 bridgehead atoms. The van der Waals surface area contributed by atoms with Gasteiger partial charge in [0.1, 0.15) is 5.52 Å². The topological polar surface area (TPSA) is 47.8 Å². The lowest BCUT2D eigenvalue weighted by molar-refractivity contribution is 0.0886. The van der Waals surface area contributed by atoms with Crippen molar-refractivity contribution in [2.24, 2.45) is 0 Å². The van der Waals surface area contributed by atoms with Gasteiger partial charge in [-0.3, -0.25) is 4.79 Å². The predicted molar refractivity (Wildman–Crippen MR) is 99.1 cm³/mol. The van der Waals surface area contributed by atoms with Gasteiger partial charge in [0.05, 0.1) is 5.52 Å². The van der Waals surface area contributed by atoms with E-state index in [-0.39, 0.29) is 5.91 Å². The Balaban J connectivity index is 1.54. The van der Waals surface area contributed by atoms with Gasteiger partial charge in [0.15, 0.2) is 0 Å². The van der Waals surface area contributed by atoms with Gasteiger partial charge < -0.3 is 0 Å². The fraction of sp³-hybridized carbons (Fsp3) is 0.550. The summed E-state index contributed by atoms with van der Waals surface area (Å²) in [7, 11) is 0. The maximum atomic E-state index is 12.2. The number of nitrogens with zero attached hydrogens (tertiary/aromatic N) is 3. The lowest BCUT2D eigenvalue weighted by Crippen LogP contribution is -2.12. The zero-order valence-electron chi connectivity index (χ0n) is 14.8. The van der Waals surface area contributed by atoms with Crippen LogP contribution in [0.1, 0.15) is 75.9 Å². The van der Waals surface area contributed by atoms with Crippen LogP contribution >= 0.6 is 0 Å². The highest BCUT2D eigenvalue weighted by atomic mass is 16.2. The van der Waals surface area contributed by atoms with E-state index in [0.29, 0.717) is 6.42 Å². The number of allylic oxidation sites excluding steroid dienone is 2. The number of carbonyl (C=O) groups is 1. The summed E-state index contributed by atoms with van der Waals surface area (Å²) < 4.78 is 1.44. The molecule has 0 fully saturated rings. The van der Waals surface area contributed by atoms with Crippen LogP contribution in [0.4, 0.5) is 0 Å². The molecule has 0 N–H and O–H groups in total. The van der Waals surface area contributed by atoms with Crippen molar-refractivity contribution in [1.29, 1.82) is 0 Å². The van der Waals surface area contributed by atoms with E-state index in [4.69, 9.17) is 0 Å². The number of para-hydroxylation sites is 1. The summed E-state index contributed by atoms with van der Waals surface area (Å²) in [5.41, 5.74) is 1.58. The van der Waals surface area contributed by atoms with Gasteiger partial charge in [-0.15, -0.1) is 5.10 Å². The molecule has 130 valence electrons. The van der Waals surface area contributed by atoms with Gasteiger partial charge in [-0.1, -0.05) is 68.0 Å². The van der Waals surface area contributed by atoms with Gasteiger partial charge in [-0.05, 0) is 38.3 Å². The van der Waals surface area contributed by atoms with Gasteiger partial charge in [-0.25, -0.2) is 0 Å². The molecule has 0 aliphatic carbocycles. The Morgan fingerprint density at radius 2 is 1.67 bits per heavy atom. The number of benzene rings is 1. The Kier molecular flexibility index (Phi) is 8.22. The van der Waals surface area contributed by atoms with Crippen molar-refractivity contribution >= 4 is 16.9 Å². The van der Waals surface area contributed by atoms with E-state index in [1.54, 1.807) is 0 Å². The zero-order chi connectivity index (χ0) is 17.0. The zero-order valence-corrected chi connectivity index (χ0v) is 14.8. The molecule has 4 nitrogen and oxygen atoms in total. The van der Waals surface area contributed by atoms with Crippen molar-refractivity contribution in [3.8, 4) is 0 Å². The smallest absolute Gasteiger partial charge is 0.248 e. The Bertz CT molecular complexity index is 645. The van der Waals surface area contributed by atoms with Gasteiger partial charge in [0, 0.05) is 6.42 Å². The number of rotatable bonds is 11. The summed E-state index contributed by atoms with van der Waals surface area (Å²) in [6.07, 6.45) is 16.0. The van der Waals surface area contributed by atoms with Gasteiger partial charge in [0.25, 0.3) is 0 Å². The lowest BCUT2D eigenvalue weighted by Gasteiger charge is -2.03. The Morgan fingerprint density at radius 3 is 2.42 bits per heavy atom. The normalized spacial score (nSPS) is 11.5. The van der Waals surface area contributed by atoms with E-state index in [2.05, 4.69) is 29.4 Å². The number of hydrogen-bond donors (Lipinski definition) is 0. The maximum Gasteiger partial charge on any atom is 0.248 e. The van der Waals surface area contributed by atoms with Gasteiger partial charge in [0.2, 0.25) is 5.91 Å². The van der Waals surface area contributed by atoms with Crippen molar-refractivity contribution < 1.29 is 4.79 Å². The minimum atomic E-state index is 0.0488. The second-order valence-corrected chi connectivity index (χ2v) is 6.32. The minimum absolute atomic E-state index is 0.0488. The highest BCUT2D eigenvalue weighted by Crippen LogP contribution is 2.13. The second-order valence-electron chi connectivity index (χ2n) is 6.32. The van der Waals surface area contributed by atoms with E-state index >= 15 is 0 Å². The summed E-state index contributed by atoms with van der Waals surface area (Å²) in [6, 6.07) is 7.59. The third-order valence-electron chi connectivity index (χ3n) is 4.34. The van der Waals surface area contributed by atoms with Crippen LogP contribution in [0, 0.1) is 0 Å². The second kappa shape index (κ2) is 10.7. The SMILES string of the molecule is C/C=C/CCCCCCCCCCC(=O)n1nnc2ccccc21. The first kappa shape index (κ1) is 18.4. The first-order valence-corrected chi connectivity index (χ1v) is 9.27.